The van der Waals surface area contributed by atoms with Gasteiger partial charge >= 0.3 is 6.03 Å². The van der Waals surface area contributed by atoms with Crippen molar-refractivity contribution in [3.05, 3.63) is 53.6 Å². The number of rotatable bonds is 5. The number of carbonyl (C=O) groups is 1. The Balaban J connectivity index is 1.90. The SMILES string of the molecule is CCCOc1ccc(NC(=O)Nc2cccc(Cl)c2)cc1. The summed E-state index contributed by atoms with van der Waals surface area (Å²) in [7, 11) is 0. The van der Waals surface area contributed by atoms with E-state index in [1.165, 1.54) is 0 Å². The van der Waals surface area contributed by atoms with Gasteiger partial charge in [-0.2, -0.15) is 0 Å². The topological polar surface area (TPSA) is 50.4 Å². The Kier molecular flexibility index (Phi) is 5.46. The van der Waals surface area contributed by atoms with Crippen molar-refractivity contribution in [3.63, 3.8) is 0 Å². The van der Waals surface area contributed by atoms with Gasteiger partial charge in [0.05, 0.1) is 6.61 Å². The molecule has 2 aromatic carbocycles. The molecule has 0 atom stereocenters. The van der Waals surface area contributed by atoms with Crippen molar-refractivity contribution in [3.8, 4) is 5.75 Å². The maximum atomic E-state index is 11.9. The average molecular weight is 305 g/mol. The molecular weight excluding hydrogens is 288 g/mol. The second-order valence-electron chi connectivity index (χ2n) is 4.46. The summed E-state index contributed by atoms with van der Waals surface area (Å²) in [6, 6.07) is 13.9. The van der Waals surface area contributed by atoms with Crippen LogP contribution in [-0.4, -0.2) is 12.6 Å². The van der Waals surface area contributed by atoms with Crippen molar-refractivity contribution >= 4 is 29.0 Å². The lowest BCUT2D eigenvalue weighted by Gasteiger charge is -2.09. The van der Waals surface area contributed by atoms with Crippen LogP contribution in [0.3, 0.4) is 0 Å². The zero-order valence-electron chi connectivity index (χ0n) is 11.7. The van der Waals surface area contributed by atoms with Gasteiger partial charge in [0.25, 0.3) is 0 Å². The highest BCUT2D eigenvalue weighted by atomic mass is 35.5. The molecule has 110 valence electrons. The van der Waals surface area contributed by atoms with Gasteiger partial charge in [0.15, 0.2) is 0 Å². The van der Waals surface area contributed by atoms with E-state index in [4.69, 9.17) is 16.3 Å². The number of benzene rings is 2. The fraction of sp³-hybridized carbons (Fsp3) is 0.188. The van der Waals surface area contributed by atoms with Gasteiger partial charge in [-0.3, -0.25) is 0 Å². The van der Waals surface area contributed by atoms with Gasteiger partial charge in [0, 0.05) is 16.4 Å². The molecule has 0 saturated carbocycles. The Hall–Kier alpha value is -2.20. The second-order valence-corrected chi connectivity index (χ2v) is 4.90. The van der Waals surface area contributed by atoms with Gasteiger partial charge in [-0.25, -0.2) is 4.79 Å². The van der Waals surface area contributed by atoms with Crippen LogP contribution in [0, 0.1) is 0 Å². The number of amides is 2. The Morgan fingerprint density at radius 1 is 1.10 bits per heavy atom. The molecule has 0 unspecified atom stereocenters. The van der Waals surface area contributed by atoms with Crippen LogP contribution in [0.15, 0.2) is 48.5 Å². The fourth-order valence-electron chi connectivity index (χ4n) is 1.71. The monoisotopic (exact) mass is 304 g/mol. The third kappa shape index (κ3) is 5.00. The molecule has 4 nitrogen and oxygen atoms in total. The van der Waals surface area contributed by atoms with Crippen molar-refractivity contribution in [2.45, 2.75) is 13.3 Å². The number of nitrogens with one attached hydrogen (secondary N) is 2. The van der Waals surface area contributed by atoms with E-state index in [0.29, 0.717) is 23.0 Å². The van der Waals surface area contributed by atoms with Gasteiger partial charge in [0.2, 0.25) is 0 Å². The highest BCUT2D eigenvalue weighted by Crippen LogP contribution is 2.17. The van der Waals surface area contributed by atoms with E-state index in [1.807, 2.05) is 12.1 Å². The highest BCUT2D eigenvalue weighted by Gasteiger charge is 2.03. The van der Waals surface area contributed by atoms with E-state index in [1.54, 1.807) is 36.4 Å². The molecule has 2 amide bonds. The second kappa shape index (κ2) is 7.55. The Bertz CT molecular complexity index is 599. The summed E-state index contributed by atoms with van der Waals surface area (Å²) in [6.07, 6.45) is 0.960. The molecule has 2 N–H and O–H groups in total. The van der Waals surface area contributed by atoms with Crippen molar-refractivity contribution in [1.29, 1.82) is 0 Å². The first-order valence-corrected chi connectivity index (χ1v) is 7.11. The van der Waals surface area contributed by atoms with Crippen LogP contribution in [-0.2, 0) is 0 Å². The number of carbonyl (C=O) groups excluding carboxylic acids is 1. The minimum atomic E-state index is -0.320. The molecule has 0 heterocycles. The van der Waals surface area contributed by atoms with Crippen LogP contribution in [0.2, 0.25) is 5.02 Å². The van der Waals surface area contributed by atoms with Crippen molar-refractivity contribution in [2.75, 3.05) is 17.2 Å². The minimum absolute atomic E-state index is 0.320. The molecule has 0 radical (unpaired) electrons. The lowest BCUT2D eigenvalue weighted by atomic mass is 10.3. The Labute approximate surface area is 129 Å². The van der Waals surface area contributed by atoms with Crippen LogP contribution >= 0.6 is 11.6 Å². The highest BCUT2D eigenvalue weighted by molar-refractivity contribution is 6.30. The lowest BCUT2D eigenvalue weighted by molar-refractivity contribution is 0.262. The number of ether oxygens (including phenoxy) is 1. The molecule has 0 aliphatic rings. The van der Waals surface area contributed by atoms with Gasteiger partial charge in [-0.1, -0.05) is 24.6 Å². The smallest absolute Gasteiger partial charge is 0.323 e. The summed E-state index contributed by atoms with van der Waals surface area (Å²) in [5.41, 5.74) is 1.33. The largest absolute Gasteiger partial charge is 0.494 e. The number of anilines is 2. The Morgan fingerprint density at radius 3 is 2.48 bits per heavy atom. The van der Waals surface area contributed by atoms with Crippen LogP contribution in [0.4, 0.5) is 16.2 Å². The molecule has 0 fully saturated rings. The predicted molar refractivity (Wildman–Crippen MR) is 86.3 cm³/mol. The lowest BCUT2D eigenvalue weighted by Crippen LogP contribution is -2.19. The molecule has 0 aliphatic carbocycles. The minimum Gasteiger partial charge on any atom is -0.494 e. The molecule has 21 heavy (non-hydrogen) atoms. The van der Waals surface area contributed by atoms with Gasteiger partial charge in [0.1, 0.15) is 5.75 Å². The first kappa shape index (κ1) is 15.2. The molecule has 0 spiro atoms. The molecule has 0 saturated heterocycles. The normalized spacial score (nSPS) is 10.0. The fourth-order valence-corrected chi connectivity index (χ4v) is 1.90. The summed E-state index contributed by atoms with van der Waals surface area (Å²) >= 11 is 5.86. The summed E-state index contributed by atoms with van der Waals surface area (Å²) in [5.74, 6) is 0.789. The van der Waals surface area contributed by atoms with Gasteiger partial charge in [-0.05, 0) is 48.9 Å². The first-order chi connectivity index (χ1) is 10.2. The molecule has 0 bridgehead atoms. The molecular formula is C16H17ClN2O2. The molecule has 2 aromatic rings. The van der Waals surface area contributed by atoms with E-state index in [-0.39, 0.29) is 6.03 Å². The van der Waals surface area contributed by atoms with E-state index in [9.17, 15) is 4.79 Å². The summed E-state index contributed by atoms with van der Waals surface area (Å²) in [5, 5.41) is 6.03. The van der Waals surface area contributed by atoms with Crippen LogP contribution in [0.5, 0.6) is 5.75 Å². The molecule has 0 aromatic heterocycles. The first-order valence-electron chi connectivity index (χ1n) is 6.74. The quantitative estimate of drug-likeness (QED) is 0.835. The van der Waals surface area contributed by atoms with E-state index in [0.717, 1.165) is 12.2 Å². The third-order valence-corrected chi connectivity index (χ3v) is 2.90. The van der Waals surface area contributed by atoms with E-state index >= 15 is 0 Å². The zero-order chi connectivity index (χ0) is 15.1. The molecule has 5 heteroatoms. The molecule has 2 rings (SSSR count). The van der Waals surface area contributed by atoms with Crippen molar-refractivity contribution in [1.82, 2.24) is 0 Å². The maximum Gasteiger partial charge on any atom is 0.323 e. The van der Waals surface area contributed by atoms with Crippen LogP contribution in [0.1, 0.15) is 13.3 Å². The molecule has 0 aliphatic heterocycles. The van der Waals surface area contributed by atoms with Crippen LogP contribution in [0.25, 0.3) is 0 Å². The van der Waals surface area contributed by atoms with Crippen molar-refractivity contribution in [2.24, 2.45) is 0 Å². The average Bonchev–Trinajstić information content (AvgIpc) is 2.46. The predicted octanol–water partition coefficient (Wildman–Crippen LogP) is 4.77. The zero-order valence-corrected chi connectivity index (χ0v) is 12.5. The van der Waals surface area contributed by atoms with Crippen molar-refractivity contribution < 1.29 is 9.53 Å². The summed E-state index contributed by atoms with van der Waals surface area (Å²) in [4.78, 5) is 11.9. The van der Waals surface area contributed by atoms with E-state index < -0.39 is 0 Å². The number of hydrogen-bond donors (Lipinski definition) is 2. The summed E-state index contributed by atoms with van der Waals surface area (Å²) in [6.45, 7) is 2.73. The summed E-state index contributed by atoms with van der Waals surface area (Å²) < 4.78 is 5.48. The standard InChI is InChI=1S/C16H17ClN2O2/c1-2-10-21-15-8-6-13(7-9-15)18-16(20)19-14-5-3-4-12(17)11-14/h3-9,11H,2,10H2,1H3,(H2,18,19,20). The van der Waals surface area contributed by atoms with E-state index in [2.05, 4.69) is 17.6 Å². The number of urea groups is 1. The third-order valence-electron chi connectivity index (χ3n) is 2.67. The number of halogens is 1. The van der Waals surface area contributed by atoms with Gasteiger partial charge in [-0.15, -0.1) is 0 Å². The van der Waals surface area contributed by atoms with Gasteiger partial charge < -0.3 is 15.4 Å². The Morgan fingerprint density at radius 2 is 1.81 bits per heavy atom. The van der Waals surface area contributed by atoms with Crippen LogP contribution < -0.4 is 15.4 Å². The maximum absolute atomic E-state index is 11.9. The number of hydrogen-bond acceptors (Lipinski definition) is 2.